The highest BCUT2D eigenvalue weighted by molar-refractivity contribution is 7.89. The molecule has 212 valence electrons. The Labute approximate surface area is 233 Å². The molecular formula is C29H34N4O6S. The number of aryl methyl sites for hydroxylation is 1. The van der Waals surface area contributed by atoms with Gasteiger partial charge in [0.05, 0.1) is 12.6 Å². The first kappa shape index (κ1) is 28.0. The van der Waals surface area contributed by atoms with Gasteiger partial charge in [0, 0.05) is 23.2 Å². The van der Waals surface area contributed by atoms with Gasteiger partial charge in [0.25, 0.3) is 15.9 Å². The standard InChI is InChI=1S/C29H34N4O6S/c1-19-13-14-22(23(34)18-33(19)40(37,38)25-12-6-9-17-30-25)31-28(36)29(15-7-3-8-16-29)32-27(35)26-20(2)21-10-4-5-11-24(21)39-26/h4-6,9-12,17,19,22H,3,7-8,13-16,18H2,1-2H3,(H,31,36)(H,32,35). The number of ketones is 1. The molecule has 0 spiro atoms. The molecule has 2 N–H and O–H groups in total. The van der Waals surface area contributed by atoms with Gasteiger partial charge < -0.3 is 15.1 Å². The lowest BCUT2D eigenvalue weighted by Crippen LogP contribution is -2.62. The van der Waals surface area contributed by atoms with E-state index in [1.807, 2.05) is 25.1 Å². The van der Waals surface area contributed by atoms with Crippen molar-refractivity contribution in [1.29, 1.82) is 0 Å². The molecule has 1 aliphatic heterocycles. The van der Waals surface area contributed by atoms with Crippen LogP contribution in [0.4, 0.5) is 0 Å². The van der Waals surface area contributed by atoms with Crippen molar-refractivity contribution >= 4 is 38.6 Å². The number of rotatable bonds is 6. The summed E-state index contributed by atoms with van der Waals surface area (Å²) >= 11 is 0. The summed E-state index contributed by atoms with van der Waals surface area (Å²) in [7, 11) is -3.99. The first-order valence-corrected chi connectivity index (χ1v) is 15.1. The molecule has 2 aromatic heterocycles. The van der Waals surface area contributed by atoms with Crippen LogP contribution in [0.1, 0.15) is 68.0 Å². The van der Waals surface area contributed by atoms with E-state index in [2.05, 4.69) is 15.6 Å². The van der Waals surface area contributed by atoms with Gasteiger partial charge in [0.15, 0.2) is 16.6 Å². The summed E-state index contributed by atoms with van der Waals surface area (Å²) in [6.07, 6.45) is 5.35. The van der Waals surface area contributed by atoms with Gasteiger partial charge in [0.1, 0.15) is 11.1 Å². The van der Waals surface area contributed by atoms with Crippen LogP contribution in [0, 0.1) is 6.92 Å². The van der Waals surface area contributed by atoms with Crippen molar-refractivity contribution in [3.8, 4) is 0 Å². The molecule has 1 aliphatic carbocycles. The largest absolute Gasteiger partial charge is 0.451 e. The monoisotopic (exact) mass is 566 g/mol. The van der Waals surface area contributed by atoms with E-state index in [0.717, 1.165) is 29.0 Å². The summed E-state index contributed by atoms with van der Waals surface area (Å²) in [5.41, 5.74) is 0.0934. The van der Waals surface area contributed by atoms with E-state index in [-0.39, 0.29) is 23.8 Å². The molecule has 3 aromatic rings. The fraction of sp³-hybridized carbons (Fsp3) is 0.448. The summed E-state index contributed by atoms with van der Waals surface area (Å²) in [5, 5.41) is 6.55. The Hall–Kier alpha value is -3.57. The average Bonchev–Trinajstić information content (AvgIpc) is 3.23. The van der Waals surface area contributed by atoms with Crippen LogP contribution in [-0.2, 0) is 19.6 Å². The second-order valence-corrected chi connectivity index (χ2v) is 12.6. The Bertz CT molecular complexity index is 1530. The van der Waals surface area contributed by atoms with E-state index in [0.29, 0.717) is 30.4 Å². The number of nitrogens with zero attached hydrogens (tertiary/aromatic N) is 2. The van der Waals surface area contributed by atoms with Crippen LogP contribution in [0.15, 0.2) is 58.1 Å². The Morgan fingerprint density at radius 3 is 2.48 bits per heavy atom. The van der Waals surface area contributed by atoms with Gasteiger partial charge in [-0.3, -0.25) is 14.4 Å². The van der Waals surface area contributed by atoms with Crippen molar-refractivity contribution in [2.24, 2.45) is 0 Å². The zero-order valence-electron chi connectivity index (χ0n) is 22.7. The van der Waals surface area contributed by atoms with Crippen molar-refractivity contribution in [1.82, 2.24) is 19.9 Å². The number of carbonyl (C=O) groups is 3. The Morgan fingerprint density at radius 2 is 1.77 bits per heavy atom. The number of hydrogen-bond acceptors (Lipinski definition) is 7. The number of para-hydroxylation sites is 1. The van der Waals surface area contributed by atoms with E-state index in [9.17, 15) is 22.8 Å². The molecule has 3 heterocycles. The second-order valence-electron chi connectivity index (χ2n) is 10.8. The predicted molar refractivity (Wildman–Crippen MR) is 148 cm³/mol. The number of furan rings is 1. The SMILES string of the molecule is Cc1c(C(=O)NC2(C(=O)NC3CCC(C)N(S(=O)(=O)c4ccccn4)CC3=O)CCCCC2)oc2ccccc12. The Kier molecular flexibility index (Phi) is 7.78. The van der Waals surface area contributed by atoms with E-state index < -0.39 is 45.2 Å². The van der Waals surface area contributed by atoms with Crippen LogP contribution in [0.2, 0.25) is 0 Å². The van der Waals surface area contributed by atoms with Gasteiger partial charge in [-0.15, -0.1) is 0 Å². The molecule has 0 bridgehead atoms. The number of sulfonamides is 1. The third-order valence-electron chi connectivity index (χ3n) is 8.13. The highest BCUT2D eigenvalue weighted by atomic mass is 32.2. The summed E-state index contributed by atoms with van der Waals surface area (Å²) in [4.78, 5) is 44.5. The normalized spacial score (nSPS) is 22.0. The number of benzene rings is 1. The molecule has 10 nitrogen and oxygen atoms in total. The summed E-state index contributed by atoms with van der Waals surface area (Å²) in [5.74, 6) is -1.14. The van der Waals surface area contributed by atoms with Gasteiger partial charge in [-0.1, -0.05) is 43.5 Å². The minimum Gasteiger partial charge on any atom is -0.451 e. The number of fused-ring (bicyclic) bond motifs is 1. The molecule has 2 unspecified atom stereocenters. The molecule has 40 heavy (non-hydrogen) atoms. The van der Waals surface area contributed by atoms with Crippen LogP contribution in [0.5, 0.6) is 0 Å². The fourth-order valence-electron chi connectivity index (χ4n) is 5.75. The smallest absolute Gasteiger partial charge is 0.288 e. The van der Waals surface area contributed by atoms with Gasteiger partial charge >= 0.3 is 0 Å². The first-order chi connectivity index (χ1) is 19.1. The summed E-state index contributed by atoms with van der Waals surface area (Å²) in [6, 6.07) is 10.6. The maximum atomic E-state index is 13.8. The lowest BCUT2D eigenvalue weighted by atomic mass is 9.80. The number of aromatic nitrogens is 1. The van der Waals surface area contributed by atoms with E-state index in [1.54, 1.807) is 25.1 Å². The zero-order valence-corrected chi connectivity index (χ0v) is 23.5. The van der Waals surface area contributed by atoms with Crippen molar-refractivity contribution in [3.05, 3.63) is 60.0 Å². The minimum absolute atomic E-state index is 0.123. The lowest BCUT2D eigenvalue weighted by molar-refractivity contribution is -0.132. The zero-order chi connectivity index (χ0) is 28.5. The van der Waals surface area contributed by atoms with Crippen LogP contribution < -0.4 is 10.6 Å². The Balaban J connectivity index is 1.34. The lowest BCUT2D eigenvalue weighted by Gasteiger charge is -2.37. The second kappa shape index (κ2) is 11.1. The molecule has 1 aromatic carbocycles. The number of nitrogens with one attached hydrogen (secondary N) is 2. The Morgan fingerprint density at radius 1 is 1.05 bits per heavy atom. The summed E-state index contributed by atoms with van der Waals surface area (Å²) < 4.78 is 33.5. The van der Waals surface area contributed by atoms with Gasteiger partial charge in [0.2, 0.25) is 5.91 Å². The number of pyridine rings is 1. The number of Topliss-reactive ketones (excluding diaryl/α,β-unsaturated/α-hetero) is 1. The average molecular weight is 567 g/mol. The molecule has 1 saturated heterocycles. The number of hydrogen-bond donors (Lipinski definition) is 2. The maximum Gasteiger partial charge on any atom is 0.288 e. The highest BCUT2D eigenvalue weighted by Gasteiger charge is 2.44. The quantitative estimate of drug-likeness (QED) is 0.466. The van der Waals surface area contributed by atoms with Crippen molar-refractivity contribution in [2.75, 3.05) is 6.54 Å². The minimum atomic E-state index is -3.99. The molecule has 1 saturated carbocycles. The van der Waals surface area contributed by atoms with Crippen molar-refractivity contribution in [3.63, 3.8) is 0 Å². The molecule has 0 radical (unpaired) electrons. The molecule has 2 aliphatic rings. The van der Waals surface area contributed by atoms with Crippen LogP contribution in [0.3, 0.4) is 0 Å². The van der Waals surface area contributed by atoms with Crippen LogP contribution in [-0.4, -0.2) is 59.5 Å². The van der Waals surface area contributed by atoms with Crippen molar-refractivity contribution in [2.45, 2.75) is 81.4 Å². The fourth-order valence-corrected chi connectivity index (χ4v) is 7.31. The van der Waals surface area contributed by atoms with E-state index in [1.165, 1.54) is 12.3 Å². The third-order valence-corrected chi connectivity index (χ3v) is 10.0. The summed E-state index contributed by atoms with van der Waals surface area (Å²) in [6.45, 7) is 3.18. The molecular weight excluding hydrogens is 532 g/mol. The van der Waals surface area contributed by atoms with Gasteiger partial charge in [-0.25, -0.2) is 13.4 Å². The molecule has 11 heteroatoms. The van der Waals surface area contributed by atoms with E-state index >= 15 is 0 Å². The molecule has 2 amide bonds. The van der Waals surface area contributed by atoms with E-state index in [4.69, 9.17) is 4.42 Å². The van der Waals surface area contributed by atoms with Crippen LogP contribution in [0.25, 0.3) is 11.0 Å². The molecule has 2 atom stereocenters. The number of amides is 2. The van der Waals surface area contributed by atoms with Gasteiger partial charge in [-0.2, -0.15) is 4.31 Å². The predicted octanol–water partition coefficient (Wildman–Crippen LogP) is 3.50. The molecule has 5 rings (SSSR count). The van der Waals surface area contributed by atoms with Gasteiger partial charge in [-0.05, 0) is 57.7 Å². The third kappa shape index (κ3) is 5.27. The van der Waals surface area contributed by atoms with Crippen molar-refractivity contribution < 1.29 is 27.2 Å². The topological polar surface area (TPSA) is 139 Å². The first-order valence-electron chi connectivity index (χ1n) is 13.7. The molecule has 2 fully saturated rings. The van der Waals surface area contributed by atoms with Crippen LogP contribution >= 0.6 is 0 Å². The maximum absolute atomic E-state index is 13.8. The highest BCUT2D eigenvalue weighted by Crippen LogP contribution is 2.31. The number of carbonyl (C=O) groups excluding carboxylic acids is 3.